The number of benzene rings is 2. The molecule has 2 aromatic carbocycles. The largest absolute Gasteiger partial charge is 0.444 e. The van der Waals surface area contributed by atoms with Crippen LogP contribution in [0, 0.1) is 11.6 Å². The summed E-state index contributed by atoms with van der Waals surface area (Å²) in [5.74, 6) is -1.88. The third-order valence-corrected chi connectivity index (χ3v) is 5.25. The first-order chi connectivity index (χ1) is 11.8. The summed E-state index contributed by atoms with van der Waals surface area (Å²) in [6.07, 6.45) is 1.21. The van der Waals surface area contributed by atoms with Gasteiger partial charge in [0.15, 0.2) is 9.84 Å². The van der Waals surface area contributed by atoms with E-state index < -0.39 is 33.0 Å². The van der Waals surface area contributed by atoms with Gasteiger partial charge < -0.3 is 4.42 Å². The summed E-state index contributed by atoms with van der Waals surface area (Å²) in [5.41, 5.74) is 0.611. The van der Waals surface area contributed by atoms with Gasteiger partial charge in [0.1, 0.15) is 17.9 Å². The molecule has 8 heteroatoms. The maximum atomic E-state index is 13.8. The van der Waals surface area contributed by atoms with Crippen molar-refractivity contribution in [3.05, 3.63) is 76.6 Å². The first-order valence-electron chi connectivity index (χ1n) is 7.18. The lowest BCUT2D eigenvalue weighted by Gasteiger charge is -2.06. The Balaban J connectivity index is 1.79. The van der Waals surface area contributed by atoms with Crippen molar-refractivity contribution in [2.45, 2.75) is 11.5 Å². The van der Waals surface area contributed by atoms with Crippen LogP contribution in [0.2, 0.25) is 5.02 Å². The average molecular weight is 384 g/mol. The summed E-state index contributed by atoms with van der Waals surface area (Å²) < 4.78 is 56.5. The number of rotatable bonds is 5. The molecule has 0 amide bonds. The van der Waals surface area contributed by atoms with Crippen molar-refractivity contribution >= 4 is 21.4 Å². The Morgan fingerprint density at radius 3 is 2.44 bits per heavy atom. The molecule has 25 heavy (non-hydrogen) atoms. The predicted octanol–water partition coefficient (Wildman–Crippen LogP) is 4.39. The Kier molecular flexibility index (Phi) is 4.87. The number of sulfone groups is 1. The van der Waals surface area contributed by atoms with Crippen LogP contribution in [0.25, 0.3) is 11.5 Å². The second kappa shape index (κ2) is 6.93. The van der Waals surface area contributed by atoms with Gasteiger partial charge in [0.25, 0.3) is 0 Å². The van der Waals surface area contributed by atoms with Crippen LogP contribution >= 0.6 is 11.6 Å². The van der Waals surface area contributed by atoms with E-state index in [1.165, 1.54) is 42.7 Å². The van der Waals surface area contributed by atoms with Crippen molar-refractivity contribution < 1.29 is 21.6 Å². The van der Waals surface area contributed by atoms with Gasteiger partial charge >= 0.3 is 0 Å². The van der Waals surface area contributed by atoms with E-state index in [0.717, 1.165) is 6.07 Å². The van der Waals surface area contributed by atoms with Crippen LogP contribution in [0.4, 0.5) is 8.78 Å². The fourth-order valence-electron chi connectivity index (χ4n) is 2.26. The van der Waals surface area contributed by atoms with Crippen LogP contribution in [-0.4, -0.2) is 13.4 Å². The Morgan fingerprint density at radius 1 is 1.04 bits per heavy atom. The van der Waals surface area contributed by atoms with Crippen molar-refractivity contribution in [2.75, 3.05) is 0 Å². The minimum Gasteiger partial charge on any atom is -0.444 e. The molecule has 0 unspecified atom stereocenters. The first-order valence-corrected chi connectivity index (χ1v) is 9.38. The molecule has 3 rings (SSSR count). The number of halogens is 3. The van der Waals surface area contributed by atoms with Crippen molar-refractivity contribution in [3.63, 3.8) is 0 Å². The van der Waals surface area contributed by atoms with Gasteiger partial charge in [-0.25, -0.2) is 22.2 Å². The molecule has 1 aromatic heterocycles. The first kappa shape index (κ1) is 17.6. The van der Waals surface area contributed by atoms with E-state index in [1.807, 2.05) is 0 Å². The van der Waals surface area contributed by atoms with Crippen LogP contribution in [-0.2, 0) is 21.3 Å². The molecule has 4 nitrogen and oxygen atoms in total. The van der Waals surface area contributed by atoms with E-state index in [4.69, 9.17) is 16.0 Å². The number of aromatic nitrogens is 1. The van der Waals surface area contributed by atoms with Crippen LogP contribution < -0.4 is 0 Å². The van der Waals surface area contributed by atoms with Crippen LogP contribution in [0.15, 0.2) is 53.1 Å². The van der Waals surface area contributed by atoms with Gasteiger partial charge in [-0.15, -0.1) is 0 Å². The highest BCUT2D eigenvalue weighted by Crippen LogP contribution is 2.24. The van der Waals surface area contributed by atoms with Gasteiger partial charge in [-0.1, -0.05) is 17.7 Å². The lowest BCUT2D eigenvalue weighted by molar-refractivity contribution is 0.570. The number of oxazole rings is 1. The molecule has 0 saturated carbocycles. The van der Waals surface area contributed by atoms with Crippen molar-refractivity contribution in [3.8, 4) is 11.5 Å². The Morgan fingerprint density at radius 2 is 1.76 bits per heavy atom. The highest BCUT2D eigenvalue weighted by Gasteiger charge is 2.20. The Labute approximate surface area is 148 Å². The fraction of sp³-hybridized carbons (Fsp3) is 0.118. The molecule has 0 aliphatic carbocycles. The quantitative estimate of drug-likeness (QED) is 0.655. The van der Waals surface area contributed by atoms with Gasteiger partial charge in [-0.05, 0) is 36.4 Å². The van der Waals surface area contributed by atoms with Gasteiger partial charge in [-0.2, -0.15) is 0 Å². The fourth-order valence-corrected chi connectivity index (χ4v) is 3.99. The summed E-state index contributed by atoms with van der Waals surface area (Å²) in [6.45, 7) is 0. The van der Waals surface area contributed by atoms with Crippen LogP contribution in [0.5, 0.6) is 0 Å². The molecular weight excluding hydrogens is 372 g/mol. The zero-order valence-electron chi connectivity index (χ0n) is 12.7. The summed E-state index contributed by atoms with van der Waals surface area (Å²) in [4.78, 5) is 4.09. The maximum absolute atomic E-state index is 13.8. The predicted molar refractivity (Wildman–Crippen MR) is 89.6 cm³/mol. The molecule has 0 aliphatic heterocycles. The molecule has 130 valence electrons. The topological polar surface area (TPSA) is 60.2 Å². The minimum absolute atomic E-state index is 0.0516. The average Bonchev–Trinajstić information content (AvgIpc) is 2.99. The van der Waals surface area contributed by atoms with Crippen LogP contribution in [0.1, 0.15) is 11.3 Å². The second-order valence-corrected chi connectivity index (χ2v) is 7.86. The zero-order chi connectivity index (χ0) is 18.0. The van der Waals surface area contributed by atoms with E-state index in [1.54, 1.807) is 0 Å². The third-order valence-electron chi connectivity index (χ3n) is 3.44. The monoisotopic (exact) mass is 383 g/mol. The van der Waals surface area contributed by atoms with E-state index in [9.17, 15) is 17.2 Å². The standard InChI is InChI=1S/C17H12ClF2NO3S/c18-15-2-1-3-16(20)14(15)10-25(22,23)9-13-8-24-17(21-13)11-4-6-12(19)7-5-11/h1-8H,9-10H2. The highest BCUT2D eigenvalue weighted by atomic mass is 35.5. The molecular formula is C17H12ClF2NO3S. The Bertz CT molecular complexity index is 981. The summed E-state index contributed by atoms with van der Waals surface area (Å²) in [7, 11) is -3.72. The van der Waals surface area contributed by atoms with E-state index in [2.05, 4.69) is 4.98 Å². The van der Waals surface area contributed by atoms with Crippen molar-refractivity contribution in [1.82, 2.24) is 4.98 Å². The smallest absolute Gasteiger partial charge is 0.226 e. The van der Waals surface area contributed by atoms with Crippen LogP contribution in [0.3, 0.4) is 0 Å². The molecule has 0 atom stereocenters. The Hall–Kier alpha value is -2.25. The molecule has 0 aliphatic rings. The number of nitrogens with zero attached hydrogens (tertiary/aromatic N) is 1. The van der Waals surface area contributed by atoms with Gasteiger partial charge in [0, 0.05) is 16.1 Å². The number of hydrogen-bond donors (Lipinski definition) is 0. The normalized spacial score (nSPS) is 11.6. The van der Waals surface area contributed by atoms with Gasteiger partial charge in [-0.3, -0.25) is 0 Å². The highest BCUT2D eigenvalue weighted by molar-refractivity contribution is 7.89. The molecule has 0 N–H and O–H groups in total. The van der Waals surface area contributed by atoms with E-state index in [0.29, 0.717) is 5.56 Å². The molecule has 3 aromatic rings. The lowest BCUT2D eigenvalue weighted by atomic mass is 10.2. The molecule has 0 bridgehead atoms. The SMILES string of the molecule is O=S(=O)(Cc1coc(-c2ccc(F)cc2)n1)Cc1c(F)cccc1Cl. The second-order valence-electron chi connectivity index (χ2n) is 5.38. The summed E-state index contributed by atoms with van der Waals surface area (Å²) in [6, 6.07) is 9.42. The van der Waals surface area contributed by atoms with E-state index >= 15 is 0 Å². The third kappa shape index (κ3) is 4.24. The van der Waals surface area contributed by atoms with Crippen molar-refractivity contribution in [2.24, 2.45) is 0 Å². The molecule has 0 saturated heterocycles. The minimum atomic E-state index is -3.72. The number of hydrogen-bond acceptors (Lipinski definition) is 4. The zero-order valence-corrected chi connectivity index (χ0v) is 14.3. The summed E-state index contributed by atoms with van der Waals surface area (Å²) in [5, 5.41) is 0.0516. The van der Waals surface area contributed by atoms with E-state index in [-0.39, 0.29) is 22.2 Å². The molecule has 0 spiro atoms. The molecule has 0 radical (unpaired) electrons. The molecule has 0 fully saturated rings. The summed E-state index contributed by atoms with van der Waals surface area (Å²) >= 11 is 5.87. The van der Waals surface area contributed by atoms with Gasteiger partial charge in [0.2, 0.25) is 5.89 Å². The maximum Gasteiger partial charge on any atom is 0.226 e. The lowest BCUT2D eigenvalue weighted by Crippen LogP contribution is -2.09. The van der Waals surface area contributed by atoms with Gasteiger partial charge in [0.05, 0.1) is 17.2 Å². The molecule has 1 heterocycles. The van der Waals surface area contributed by atoms with Crippen molar-refractivity contribution in [1.29, 1.82) is 0 Å².